The van der Waals surface area contributed by atoms with Gasteiger partial charge in [-0.25, -0.2) is 0 Å². The van der Waals surface area contributed by atoms with Crippen LogP contribution in [0.1, 0.15) is 90.4 Å². The van der Waals surface area contributed by atoms with Crippen molar-refractivity contribution in [2.24, 2.45) is 5.41 Å². The lowest BCUT2D eigenvalue weighted by Crippen LogP contribution is -2.33. The van der Waals surface area contributed by atoms with Crippen LogP contribution in [-0.4, -0.2) is 26.8 Å². The van der Waals surface area contributed by atoms with E-state index in [1.165, 1.54) is 90.0 Å². The molecule has 0 atom stereocenters. The maximum atomic E-state index is 5.13. The van der Waals surface area contributed by atoms with Gasteiger partial charge in [0.15, 0.2) is 0 Å². The minimum Gasteiger partial charge on any atom is -0.383 e. The summed E-state index contributed by atoms with van der Waals surface area (Å²) in [6, 6.07) is 0. The van der Waals surface area contributed by atoms with E-state index in [0.29, 0.717) is 5.41 Å². The summed E-state index contributed by atoms with van der Waals surface area (Å²) in [5.74, 6) is 0. The first-order chi connectivity index (χ1) is 10.3. The molecule has 1 aliphatic carbocycles. The van der Waals surface area contributed by atoms with Gasteiger partial charge in [-0.2, -0.15) is 0 Å². The molecule has 0 amide bonds. The molecule has 0 radical (unpaired) electrons. The molecule has 0 unspecified atom stereocenters. The minimum absolute atomic E-state index is 0.621. The third kappa shape index (κ3) is 8.83. The van der Waals surface area contributed by atoms with Crippen LogP contribution in [0.4, 0.5) is 0 Å². The summed E-state index contributed by atoms with van der Waals surface area (Å²) in [7, 11) is 1.79. The molecule has 0 bridgehead atoms. The van der Waals surface area contributed by atoms with Crippen molar-refractivity contribution in [2.75, 3.05) is 26.8 Å². The first kappa shape index (κ1) is 19.0. The van der Waals surface area contributed by atoms with Gasteiger partial charge in [-0.1, -0.05) is 71.1 Å². The van der Waals surface area contributed by atoms with Crippen molar-refractivity contribution in [3.8, 4) is 0 Å². The van der Waals surface area contributed by atoms with Crippen LogP contribution in [0.15, 0.2) is 0 Å². The lowest BCUT2D eigenvalue weighted by molar-refractivity contribution is 0.186. The highest BCUT2D eigenvalue weighted by Gasteiger charge is 2.32. The van der Waals surface area contributed by atoms with Gasteiger partial charge in [-0.3, -0.25) is 0 Å². The Hall–Kier alpha value is -0.0800. The van der Waals surface area contributed by atoms with Gasteiger partial charge in [0.2, 0.25) is 0 Å². The zero-order chi connectivity index (χ0) is 15.2. The number of unbranched alkanes of at least 4 members (excludes halogenated alkanes) is 7. The molecule has 0 aromatic carbocycles. The average Bonchev–Trinajstić information content (AvgIpc) is 2.96. The summed E-state index contributed by atoms with van der Waals surface area (Å²) in [6.07, 6.45) is 18.7. The second-order valence-corrected chi connectivity index (χ2v) is 7.10. The van der Waals surface area contributed by atoms with E-state index >= 15 is 0 Å². The second-order valence-electron chi connectivity index (χ2n) is 7.10. The lowest BCUT2D eigenvalue weighted by atomic mass is 9.80. The standard InChI is InChI=1S/C19H39NO/c1-3-4-5-6-7-8-9-10-13-19(14-11-12-15-19)18-20-16-17-21-2/h20H,3-18H2,1-2H3. The van der Waals surface area contributed by atoms with E-state index in [1.54, 1.807) is 7.11 Å². The second kappa shape index (κ2) is 12.5. The van der Waals surface area contributed by atoms with Crippen LogP contribution in [0.2, 0.25) is 0 Å². The summed E-state index contributed by atoms with van der Waals surface area (Å²) in [6.45, 7) is 5.36. The van der Waals surface area contributed by atoms with Crippen molar-refractivity contribution in [1.29, 1.82) is 0 Å². The zero-order valence-corrected chi connectivity index (χ0v) is 14.7. The molecule has 0 aliphatic heterocycles. The van der Waals surface area contributed by atoms with Crippen molar-refractivity contribution in [3.05, 3.63) is 0 Å². The molecule has 0 saturated heterocycles. The van der Waals surface area contributed by atoms with E-state index in [4.69, 9.17) is 4.74 Å². The van der Waals surface area contributed by atoms with Gasteiger partial charge in [0, 0.05) is 20.2 Å². The molecule has 1 saturated carbocycles. The Kier molecular flexibility index (Phi) is 11.3. The van der Waals surface area contributed by atoms with E-state index in [9.17, 15) is 0 Å². The summed E-state index contributed by atoms with van der Waals surface area (Å²) in [4.78, 5) is 0. The normalized spacial score (nSPS) is 17.4. The van der Waals surface area contributed by atoms with Gasteiger partial charge in [0.25, 0.3) is 0 Å². The van der Waals surface area contributed by atoms with E-state index in [1.807, 2.05) is 0 Å². The molecule has 2 heteroatoms. The van der Waals surface area contributed by atoms with Crippen molar-refractivity contribution in [1.82, 2.24) is 5.32 Å². The highest BCUT2D eigenvalue weighted by Crippen LogP contribution is 2.41. The predicted molar refractivity (Wildman–Crippen MR) is 92.9 cm³/mol. The Morgan fingerprint density at radius 1 is 0.905 bits per heavy atom. The Morgan fingerprint density at radius 2 is 1.52 bits per heavy atom. The first-order valence-electron chi connectivity index (χ1n) is 9.53. The Balaban J connectivity index is 2.05. The molecule has 2 nitrogen and oxygen atoms in total. The third-order valence-electron chi connectivity index (χ3n) is 5.21. The summed E-state index contributed by atoms with van der Waals surface area (Å²) < 4.78 is 5.13. The van der Waals surface area contributed by atoms with Gasteiger partial charge in [-0.05, 0) is 24.7 Å². The number of ether oxygens (including phenoxy) is 1. The topological polar surface area (TPSA) is 21.3 Å². The molecule has 1 rings (SSSR count). The van der Waals surface area contributed by atoms with Crippen molar-refractivity contribution >= 4 is 0 Å². The fourth-order valence-electron chi connectivity index (χ4n) is 3.80. The van der Waals surface area contributed by atoms with Gasteiger partial charge in [-0.15, -0.1) is 0 Å². The Labute approximate surface area is 133 Å². The van der Waals surface area contributed by atoms with Crippen LogP contribution >= 0.6 is 0 Å². The van der Waals surface area contributed by atoms with Crippen molar-refractivity contribution < 1.29 is 4.74 Å². The molecule has 0 spiro atoms. The molecule has 21 heavy (non-hydrogen) atoms. The summed E-state index contributed by atoms with van der Waals surface area (Å²) in [5, 5.41) is 3.62. The molecule has 1 aliphatic rings. The zero-order valence-electron chi connectivity index (χ0n) is 14.7. The number of rotatable bonds is 14. The molecule has 0 heterocycles. The molecule has 126 valence electrons. The monoisotopic (exact) mass is 297 g/mol. The summed E-state index contributed by atoms with van der Waals surface area (Å²) in [5.41, 5.74) is 0.621. The van der Waals surface area contributed by atoms with E-state index in [2.05, 4.69) is 12.2 Å². The molecule has 0 aromatic heterocycles. The first-order valence-corrected chi connectivity index (χ1v) is 9.53. The Bertz CT molecular complexity index is 224. The molecule has 1 N–H and O–H groups in total. The highest BCUT2D eigenvalue weighted by molar-refractivity contribution is 4.86. The van der Waals surface area contributed by atoms with Crippen LogP contribution in [0.5, 0.6) is 0 Å². The lowest BCUT2D eigenvalue weighted by Gasteiger charge is -2.29. The van der Waals surface area contributed by atoms with E-state index in [-0.39, 0.29) is 0 Å². The SMILES string of the molecule is CCCCCCCCCCC1(CNCCOC)CCCC1. The quantitative estimate of drug-likeness (QED) is 0.438. The maximum absolute atomic E-state index is 5.13. The van der Waals surface area contributed by atoms with Crippen molar-refractivity contribution in [3.63, 3.8) is 0 Å². The van der Waals surface area contributed by atoms with Crippen LogP contribution in [0.3, 0.4) is 0 Å². The smallest absolute Gasteiger partial charge is 0.0587 e. The van der Waals surface area contributed by atoms with Gasteiger partial charge in [0.1, 0.15) is 0 Å². The highest BCUT2D eigenvalue weighted by atomic mass is 16.5. The van der Waals surface area contributed by atoms with Crippen LogP contribution in [0.25, 0.3) is 0 Å². The molecule has 1 fully saturated rings. The third-order valence-corrected chi connectivity index (χ3v) is 5.21. The van der Waals surface area contributed by atoms with E-state index in [0.717, 1.165) is 13.2 Å². The summed E-state index contributed by atoms with van der Waals surface area (Å²) >= 11 is 0. The number of hydrogen-bond acceptors (Lipinski definition) is 2. The largest absolute Gasteiger partial charge is 0.383 e. The minimum atomic E-state index is 0.621. The molecular formula is C19H39NO. The number of nitrogens with one attached hydrogen (secondary N) is 1. The van der Waals surface area contributed by atoms with Gasteiger partial charge >= 0.3 is 0 Å². The average molecular weight is 298 g/mol. The molecular weight excluding hydrogens is 258 g/mol. The van der Waals surface area contributed by atoms with Crippen LogP contribution in [0, 0.1) is 5.41 Å². The van der Waals surface area contributed by atoms with E-state index < -0.39 is 0 Å². The number of hydrogen-bond donors (Lipinski definition) is 1. The maximum Gasteiger partial charge on any atom is 0.0587 e. The Morgan fingerprint density at radius 3 is 2.14 bits per heavy atom. The fraction of sp³-hybridized carbons (Fsp3) is 1.00. The molecule has 0 aromatic rings. The number of methoxy groups -OCH3 is 1. The fourth-order valence-corrected chi connectivity index (χ4v) is 3.80. The van der Waals surface area contributed by atoms with Gasteiger partial charge in [0.05, 0.1) is 6.61 Å². The predicted octanol–water partition coefficient (Wildman–Crippen LogP) is 5.31. The van der Waals surface area contributed by atoms with Crippen LogP contribution < -0.4 is 5.32 Å². The van der Waals surface area contributed by atoms with Crippen LogP contribution in [-0.2, 0) is 4.74 Å². The van der Waals surface area contributed by atoms with Crippen molar-refractivity contribution in [2.45, 2.75) is 90.4 Å². The van der Waals surface area contributed by atoms with Gasteiger partial charge < -0.3 is 10.1 Å².